The molecular formula is C14H19Br2NO. The topological polar surface area (TPSA) is 23.5 Å². The largest absolute Gasteiger partial charge is 0.506 e. The van der Waals surface area contributed by atoms with Crippen LogP contribution in [0.3, 0.4) is 0 Å². The summed E-state index contributed by atoms with van der Waals surface area (Å²) < 4.78 is 1.52. The quantitative estimate of drug-likeness (QED) is 0.818. The van der Waals surface area contributed by atoms with E-state index >= 15 is 0 Å². The summed E-state index contributed by atoms with van der Waals surface area (Å²) in [4.78, 5) is 2.51. The molecule has 0 bridgehead atoms. The molecule has 1 atom stereocenters. The highest BCUT2D eigenvalue weighted by molar-refractivity contribution is 9.11. The summed E-state index contributed by atoms with van der Waals surface area (Å²) in [5.74, 6) is 1.14. The van der Waals surface area contributed by atoms with Crippen LogP contribution in [-0.4, -0.2) is 23.1 Å². The number of likely N-dealkylation sites (tertiary alicyclic amines) is 1. The molecule has 0 spiro atoms. The molecule has 0 aliphatic carbocycles. The van der Waals surface area contributed by atoms with Crippen molar-refractivity contribution in [1.29, 1.82) is 0 Å². The van der Waals surface area contributed by atoms with Gasteiger partial charge in [0.05, 0.1) is 8.95 Å². The highest BCUT2D eigenvalue weighted by atomic mass is 79.9. The maximum Gasteiger partial charge on any atom is 0.143 e. The number of nitrogens with zero attached hydrogens (tertiary/aromatic N) is 1. The molecule has 2 nitrogen and oxygen atoms in total. The van der Waals surface area contributed by atoms with Crippen molar-refractivity contribution in [2.75, 3.05) is 13.1 Å². The molecule has 1 aliphatic rings. The molecule has 1 saturated heterocycles. The minimum absolute atomic E-state index is 0.281. The summed E-state index contributed by atoms with van der Waals surface area (Å²) in [6, 6.07) is 4.02. The van der Waals surface area contributed by atoms with E-state index in [-0.39, 0.29) is 5.75 Å². The van der Waals surface area contributed by atoms with Crippen LogP contribution in [0.15, 0.2) is 21.1 Å². The van der Waals surface area contributed by atoms with Crippen molar-refractivity contribution in [2.24, 2.45) is 5.92 Å². The van der Waals surface area contributed by atoms with Crippen LogP contribution in [0.25, 0.3) is 0 Å². The van der Waals surface area contributed by atoms with E-state index in [0.717, 1.165) is 21.4 Å². The van der Waals surface area contributed by atoms with Crippen LogP contribution in [-0.2, 0) is 6.54 Å². The van der Waals surface area contributed by atoms with Crippen molar-refractivity contribution in [3.05, 3.63) is 26.6 Å². The van der Waals surface area contributed by atoms with Gasteiger partial charge in [-0.2, -0.15) is 0 Å². The van der Waals surface area contributed by atoms with Crippen molar-refractivity contribution in [2.45, 2.75) is 32.7 Å². The van der Waals surface area contributed by atoms with Gasteiger partial charge in [-0.1, -0.05) is 6.92 Å². The number of phenols is 1. The second-order valence-corrected chi connectivity index (χ2v) is 6.93. The first-order chi connectivity index (χ1) is 8.56. The van der Waals surface area contributed by atoms with Gasteiger partial charge >= 0.3 is 0 Å². The first-order valence-corrected chi connectivity index (χ1v) is 8.04. The van der Waals surface area contributed by atoms with Crippen LogP contribution in [0.5, 0.6) is 5.75 Å². The number of benzene rings is 1. The second kappa shape index (κ2) is 6.40. The summed E-state index contributed by atoms with van der Waals surface area (Å²) in [5.41, 5.74) is 1.24. The molecule has 4 heteroatoms. The summed E-state index contributed by atoms with van der Waals surface area (Å²) in [6.07, 6.45) is 3.93. The molecule has 0 amide bonds. The van der Waals surface area contributed by atoms with Gasteiger partial charge in [0, 0.05) is 6.54 Å². The summed E-state index contributed by atoms with van der Waals surface area (Å²) in [7, 11) is 0. The maximum absolute atomic E-state index is 9.71. The van der Waals surface area contributed by atoms with Crippen molar-refractivity contribution in [1.82, 2.24) is 4.90 Å². The maximum atomic E-state index is 9.71. The molecule has 100 valence electrons. The smallest absolute Gasteiger partial charge is 0.143 e. The SMILES string of the molecule is CC1CCCN(Cc2cc(Br)c(O)c(Br)c2)CC1. The Bertz CT molecular complexity index is 399. The molecule has 18 heavy (non-hydrogen) atoms. The van der Waals surface area contributed by atoms with E-state index < -0.39 is 0 Å². The van der Waals surface area contributed by atoms with E-state index in [1.165, 1.54) is 37.9 Å². The fourth-order valence-corrected chi connectivity index (χ4v) is 3.73. The lowest BCUT2D eigenvalue weighted by molar-refractivity contribution is 0.273. The first-order valence-electron chi connectivity index (χ1n) is 6.45. The molecule has 1 heterocycles. The molecule has 2 rings (SSSR count). The van der Waals surface area contributed by atoms with Gasteiger partial charge in [-0.3, -0.25) is 4.90 Å². The number of phenolic OH excluding ortho intramolecular Hbond substituents is 1. The van der Waals surface area contributed by atoms with Gasteiger partial charge in [0.15, 0.2) is 0 Å². The molecule has 0 saturated carbocycles. The monoisotopic (exact) mass is 375 g/mol. The van der Waals surface area contributed by atoms with E-state index in [1.807, 2.05) is 12.1 Å². The normalized spacial score (nSPS) is 21.8. The Labute approximate surface area is 126 Å². The molecule has 1 N–H and O–H groups in total. The fraction of sp³-hybridized carbons (Fsp3) is 0.571. The third-order valence-corrected chi connectivity index (χ3v) is 4.80. The number of aromatic hydroxyl groups is 1. The van der Waals surface area contributed by atoms with Crippen LogP contribution in [0, 0.1) is 5.92 Å². The Morgan fingerprint density at radius 1 is 1.22 bits per heavy atom. The average Bonchev–Trinajstić information content (AvgIpc) is 2.51. The highest BCUT2D eigenvalue weighted by Crippen LogP contribution is 2.33. The Morgan fingerprint density at radius 3 is 2.56 bits per heavy atom. The number of hydrogen-bond donors (Lipinski definition) is 1. The van der Waals surface area contributed by atoms with Crippen molar-refractivity contribution < 1.29 is 5.11 Å². The minimum Gasteiger partial charge on any atom is -0.506 e. The van der Waals surface area contributed by atoms with Gasteiger partial charge in [-0.05, 0) is 87.8 Å². The third-order valence-electron chi connectivity index (χ3n) is 3.59. The lowest BCUT2D eigenvalue weighted by Gasteiger charge is -2.20. The molecule has 1 aromatic carbocycles. The predicted octanol–water partition coefficient (Wildman–Crippen LogP) is 4.54. The predicted molar refractivity (Wildman–Crippen MR) is 81.8 cm³/mol. The van der Waals surface area contributed by atoms with E-state index in [2.05, 4.69) is 43.7 Å². The van der Waals surface area contributed by atoms with Gasteiger partial charge in [-0.25, -0.2) is 0 Å². The van der Waals surface area contributed by atoms with Gasteiger partial charge in [0.2, 0.25) is 0 Å². The molecule has 1 aromatic rings. The molecule has 1 fully saturated rings. The molecule has 1 unspecified atom stereocenters. The van der Waals surface area contributed by atoms with Crippen molar-refractivity contribution in [3.63, 3.8) is 0 Å². The third kappa shape index (κ3) is 3.72. The lowest BCUT2D eigenvalue weighted by Crippen LogP contribution is -2.24. The second-order valence-electron chi connectivity index (χ2n) is 5.22. The zero-order valence-corrected chi connectivity index (χ0v) is 13.8. The van der Waals surface area contributed by atoms with Crippen LogP contribution >= 0.6 is 31.9 Å². The Morgan fingerprint density at radius 2 is 1.89 bits per heavy atom. The summed E-state index contributed by atoms with van der Waals surface area (Å²) in [6.45, 7) is 5.67. The van der Waals surface area contributed by atoms with Crippen molar-refractivity contribution in [3.8, 4) is 5.75 Å². The van der Waals surface area contributed by atoms with Crippen LogP contribution in [0.1, 0.15) is 31.7 Å². The fourth-order valence-electron chi connectivity index (χ4n) is 2.45. The van der Waals surface area contributed by atoms with Gasteiger partial charge < -0.3 is 5.11 Å². The summed E-state index contributed by atoms with van der Waals surface area (Å²) in [5, 5.41) is 9.71. The zero-order chi connectivity index (χ0) is 13.1. The van der Waals surface area contributed by atoms with Crippen molar-refractivity contribution >= 4 is 31.9 Å². The lowest BCUT2D eigenvalue weighted by atomic mass is 10.0. The van der Waals surface area contributed by atoms with E-state index in [1.54, 1.807) is 0 Å². The van der Waals surface area contributed by atoms with Gasteiger partial charge in [0.1, 0.15) is 5.75 Å². The van der Waals surface area contributed by atoms with Crippen LogP contribution in [0.4, 0.5) is 0 Å². The molecule has 0 radical (unpaired) electrons. The Hall–Kier alpha value is -0.0600. The number of halogens is 2. The minimum atomic E-state index is 0.281. The summed E-state index contributed by atoms with van der Waals surface area (Å²) >= 11 is 6.78. The first kappa shape index (κ1) is 14.4. The molecular weight excluding hydrogens is 358 g/mol. The van der Waals surface area contributed by atoms with Gasteiger partial charge in [0.25, 0.3) is 0 Å². The van der Waals surface area contributed by atoms with Crippen LogP contribution < -0.4 is 0 Å². The van der Waals surface area contributed by atoms with Gasteiger partial charge in [-0.15, -0.1) is 0 Å². The van der Waals surface area contributed by atoms with Crippen LogP contribution in [0.2, 0.25) is 0 Å². The van der Waals surface area contributed by atoms with E-state index in [4.69, 9.17) is 0 Å². The Kier molecular flexibility index (Phi) is 5.10. The number of hydrogen-bond acceptors (Lipinski definition) is 2. The molecule has 0 aromatic heterocycles. The van der Waals surface area contributed by atoms with E-state index in [9.17, 15) is 5.11 Å². The van der Waals surface area contributed by atoms with E-state index in [0.29, 0.717) is 0 Å². The highest BCUT2D eigenvalue weighted by Gasteiger charge is 2.15. The Balaban J connectivity index is 2.05. The zero-order valence-electron chi connectivity index (χ0n) is 10.6. The molecule has 1 aliphatic heterocycles. The number of rotatable bonds is 2. The standard InChI is InChI=1S/C14H19Br2NO/c1-10-3-2-5-17(6-4-10)9-11-7-12(15)14(18)13(16)8-11/h7-8,10,18H,2-6,9H2,1H3. The average molecular weight is 377 g/mol.